The molecule has 0 aliphatic carbocycles. The molecule has 4 nitrogen and oxygen atoms in total. The van der Waals surface area contributed by atoms with Crippen molar-refractivity contribution in [1.82, 2.24) is 14.5 Å². The number of pyridine rings is 1. The first-order valence-electron chi connectivity index (χ1n) is 7.84. The Balaban J connectivity index is 1.69. The molecular formula is C17H19N3OS. The molecule has 1 fully saturated rings. The van der Waals surface area contributed by atoms with Gasteiger partial charge in [0.2, 0.25) is 0 Å². The van der Waals surface area contributed by atoms with Crippen molar-refractivity contribution in [2.75, 3.05) is 5.75 Å². The highest BCUT2D eigenvalue weighted by molar-refractivity contribution is 7.99. The monoisotopic (exact) mass is 313 g/mol. The first-order chi connectivity index (χ1) is 10.9. The van der Waals surface area contributed by atoms with Crippen LogP contribution in [0.3, 0.4) is 0 Å². The van der Waals surface area contributed by atoms with Crippen LogP contribution in [0.1, 0.15) is 30.8 Å². The highest BCUT2D eigenvalue weighted by Crippen LogP contribution is 2.28. The maximum absolute atomic E-state index is 5.52. The van der Waals surface area contributed by atoms with Gasteiger partial charge in [-0.3, -0.25) is 0 Å². The van der Waals surface area contributed by atoms with Gasteiger partial charge in [-0.2, -0.15) is 11.8 Å². The van der Waals surface area contributed by atoms with Gasteiger partial charge in [-0.1, -0.05) is 6.42 Å². The van der Waals surface area contributed by atoms with E-state index in [1.54, 1.807) is 6.26 Å². The molecule has 5 heteroatoms. The average Bonchev–Trinajstić information content (AvgIpc) is 3.18. The highest BCUT2D eigenvalue weighted by atomic mass is 32.2. The molecule has 0 aromatic carbocycles. The molecule has 0 N–H and O–H groups in total. The van der Waals surface area contributed by atoms with Crippen LogP contribution in [-0.2, 0) is 13.0 Å². The number of hydrogen-bond donors (Lipinski definition) is 0. The summed E-state index contributed by atoms with van der Waals surface area (Å²) >= 11 is 2.09. The molecular weight excluding hydrogens is 294 g/mol. The third kappa shape index (κ3) is 2.77. The topological polar surface area (TPSA) is 43.9 Å². The van der Waals surface area contributed by atoms with Gasteiger partial charge < -0.3 is 8.98 Å². The zero-order chi connectivity index (χ0) is 14.8. The summed E-state index contributed by atoms with van der Waals surface area (Å²) < 4.78 is 7.73. The molecule has 4 rings (SSSR count). The molecule has 1 unspecified atom stereocenters. The van der Waals surface area contributed by atoms with Gasteiger partial charge in [-0.15, -0.1) is 0 Å². The van der Waals surface area contributed by atoms with Crippen LogP contribution < -0.4 is 0 Å². The molecule has 114 valence electrons. The molecule has 0 radical (unpaired) electrons. The van der Waals surface area contributed by atoms with Gasteiger partial charge >= 0.3 is 0 Å². The zero-order valence-corrected chi connectivity index (χ0v) is 13.3. The van der Waals surface area contributed by atoms with Gasteiger partial charge in [0.15, 0.2) is 5.65 Å². The molecule has 4 heterocycles. The van der Waals surface area contributed by atoms with E-state index < -0.39 is 0 Å². The summed E-state index contributed by atoms with van der Waals surface area (Å²) in [6, 6.07) is 7.93. The number of rotatable bonds is 4. The first kappa shape index (κ1) is 13.9. The van der Waals surface area contributed by atoms with E-state index in [0.29, 0.717) is 11.8 Å². The number of thioether (sulfide) groups is 1. The second kappa shape index (κ2) is 6.16. The van der Waals surface area contributed by atoms with Crippen LogP contribution in [0.25, 0.3) is 11.2 Å². The van der Waals surface area contributed by atoms with Crippen molar-refractivity contribution in [3.63, 3.8) is 0 Å². The molecule has 0 saturated carbocycles. The largest absolute Gasteiger partial charge is 0.467 e. The van der Waals surface area contributed by atoms with E-state index in [1.807, 2.05) is 30.5 Å². The molecule has 22 heavy (non-hydrogen) atoms. The second-order valence-electron chi connectivity index (χ2n) is 5.73. The molecule has 0 bridgehead atoms. The summed E-state index contributed by atoms with van der Waals surface area (Å²) in [5.41, 5.74) is 1.93. The SMILES string of the molecule is c1coc(Cn2c(CC3CCCCS3)nc3cccnc32)c1. The summed E-state index contributed by atoms with van der Waals surface area (Å²) in [6.45, 7) is 0.702. The number of aromatic nitrogens is 3. The fourth-order valence-electron chi connectivity index (χ4n) is 3.06. The van der Waals surface area contributed by atoms with E-state index >= 15 is 0 Å². The minimum absolute atomic E-state index is 0.681. The van der Waals surface area contributed by atoms with E-state index in [-0.39, 0.29) is 0 Å². The van der Waals surface area contributed by atoms with Gasteiger partial charge in [0.05, 0.1) is 12.8 Å². The van der Waals surface area contributed by atoms with Crippen LogP contribution >= 0.6 is 11.8 Å². The van der Waals surface area contributed by atoms with E-state index in [9.17, 15) is 0 Å². The summed E-state index contributed by atoms with van der Waals surface area (Å²) in [5.74, 6) is 3.36. The second-order valence-corrected chi connectivity index (χ2v) is 7.14. The van der Waals surface area contributed by atoms with Crippen LogP contribution in [0.4, 0.5) is 0 Å². The number of nitrogens with zero attached hydrogens (tertiary/aromatic N) is 3. The smallest absolute Gasteiger partial charge is 0.160 e. The summed E-state index contributed by atoms with van der Waals surface area (Å²) in [5, 5.41) is 0.681. The molecule has 0 amide bonds. The predicted octanol–water partition coefficient (Wildman–Crippen LogP) is 3.90. The van der Waals surface area contributed by atoms with Gasteiger partial charge in [0.25, 0.3) is 0 Å². The Morgan fingerprint density at radius 3 is 3.09 bits per heavy atom. The Bertz CT molecular complexity index is 744. The molecule has 1 aliphatic rings. The normalized spacial score (nSPS) is 18.8. The summed E-state index contributed by atoms with van der Waals surface area (Å²) in [7, 11) is 0. The van der Waals surface area contributed by atoms with Crippen LogP contribution in [0, 0.1) is 0 Å². The maximum Gasteiger partial charge on any atom is 0.160 e. The Hall–Kier alpha value is -1.75. The third-order valence-corrected chi connectivity index (χ3v) is 5.56. The highest BCUT2D eigenvalue weighted by Gasteiger charge is 2.20. The van der Waals surface area contributed by atoms with Gasteiger partial charge in [-0.25, -0.2) is 9.97 Å². The van der Waals surface area contributed by atoms with Crippen LogP contribution in [0.2, 0.25) is 0 Å². The van der Waals surface area contributed by atoms with Crippen LogP contribution in [0.5, 0.6) is 0 Å². The molecule has 1 atom stereocenters. The van der Waals surface area contributed by atoms with E-state index in [0.717, 1.165) is 29.2 Å². The lowest BCUT2D eigenvalue weighted by Crippen LogP contribution is -2.16. The van der Waals surface area contributed by atoms with Crippen molar-refractivity contribution < 1.29 is 4.42 Å². The van der Waals surface area contributed by atoms with Crippen molar-refractivity contribution in [3.8, 4) is 0 Å². The average molecular weight is 313 g/mol. The van der Waals surface area contributed by atoms with Gasteiger partial charge in [0, 0.05) is 17.9 Å². The van der Waals surface area contributed by atoms with Crippen molar-refractivity contribution in [3.05, 3.63) is 48.3 Å². The number of fused-ring (bicyclic) bond motifs is 1. The van der Waals surface area contributed by atoms with Crippen LogP contribution in [0.15, 0.2) is 41.1 Å². The lowest BCUT2D eigenvalue weighted by molar-refractivity contribution is 0.489. The van der Waals surface area contributed by atoms with Gasteiger partial charge in [0.1, 0.15) is 17.1 Å². The molecule has 1 saturated heterocycles. The number of hydrogen-bond acceptors (Lipinski definition) is 4. The van der Waals surface area contributed by atoms with Gasteiger partial charge in [-0.05, 0) is 42.9 Å². The lowest BCUT2D eigenvalue weighted by atomic mass is 10.1. The molecule has 0 spiro atoms. The van der Waals surface area contributed by atoms with E-state index in [4.69, 9.17) is 9.40 Å². The Kier molecular flexibility index (Phi) is 3.89. The standard InChI is InChI=1S/C17H19N3OS/c1-2-10-22-14(6-1)11-16-19-15-7-3-8-18-17(15)20(16)12-13-5-4-9-21-13/h3-5,7-9,14H,1-2,6,10-12H2. The van der Waals surface area contributed by atoms with E-state index in [1.165, 1.54) is 25.0 Å². The Morgan fingerprint density at radius 2 is 2.27 bits per heavy atom. The maximum atomic E-state index is 5.52. The molecule has 3 aromatic heterocycles. The zero-order valence-electron chi connectivity index (χ0n) is 12.4. The fourth-order valence-corrected chi connectivity index (χ4v) is 4.36. The quantitative estimate of drug-likeness (QED) is 0.732. The van der Waals surface area contributed by atoms with Crippen molar-refractivity contribution in [1.29, 1.82) is 0 Å². The van der Waals surface area contributed by atoms with Crippen molar-refractivity contribution in [2.45, 2.75) is 37.5 Å². The first-order valence-corrected chi connectivity index (χ1v) is 8.89. The lowest BCUT2D eigenvalue weighted by Gasteiger charge is -2.21. The third-order valence-electron chi connectivity index (χ3n) is 4.16. The predicted molar refractivity (Wildman–Crippen MR) is 89.1 cm³/mol. The van der Waals surface area contributed by atoms with Crippen LogP contribution in [-0.4, -0.2) is 25.5 Å². The Labute approximate surface area is 133 Å². The van der Waals surface area contributed by atoms with Crippen molar-refractivity contribution >= 4 is 22.9 Å². The number of imidazole rings is 1. The minimum Gasteiger partial charge on any atom is -0.467 e. The molecule has 1 aliphatic heterocycles. The fraction of sp³-hybridized carbons (Fsp3) is 0.412. The summed E-state index contributed by atoms with van der Waals surface area (Å²) in [4.78, 5) is 9.36. The number of furan rings is 1. The minimum atomic E-state index is 0.681. The summed E-state index contributed by atoms with van der Waals surface area (Å²) in [6.07, 6.45) is 8.56. The Morgan fingerprint density at radius 1 is 1.27 bits per heavy atom. The van der Waals surface area contributed by atoms with Crippen molar-refractivity contribution in [2.24, 2.45) is 0 Å². The molecule has 3 aromatic rings. The van der Waals surface area contributed by atoms with E-state index in [2.05, 4.69) is 21.3 Å².